The van der Waals surface area contributed by atoms with Crippen molar-refractivity contribution in [2.75, 3.05) is 65.1 Å². The predicted molar refractivity (Wildman–Crippen MR) is 141 cm³/mol. The van der Waals surface area contributed by atoms with Gasteiger partial charge in [0, 0.05) is 32.8 Å². The van der Waals surface area contributed by atoms with Gasteiger partial charge in [0.1, 0.15) is 6.61 Å². The van der Waals surface area contributed by atoms with Gasteiger partial charge in [0.05, 0.1) is 37.1 Å². The first kappa shape index (κ1) is 27.4. The first-order chi connectivity index (χ1) is 18.4. The maximum atomic E-state index is 14.0. The monoisotopic (exact) mass is 525 g/mol. The Bertz CT molecular complexity index is 1180. The lowest BCUT2D eigenvalue weighted by Gasteiger charge is -2.36. The lowest BCUT2D eigenvalue weighted by atomic mass is 9.99. The van der Waals surface area contributed by atoms with E-state index >= 15 is 0 Å². The van der Waals surface area contributed by atoms with Crippen LogP contribution in [0.15, 0.2) is 36.4 Å². The van der Waals surface area contributed by atoms with Gasteiger partial charge in [0.15, 0.2) is 11.5 Å². The Morgan fingerprint density at radius 1 is 1.00 bits per heavy atom. The molecule has 0 saturated carbocycles. The quantitative estimate of drug-likeness (QED) is 0.330. The number of hydrogen-bond donors (Lipinski definition) is 1. The summed E-state index contributed by atoms with van der Waals surface area (Å²) >= 11 is 0. The highest BCUT2D eigenvalue weighted by molar-refractivity contribution is 6.24. The van der Waals surface area contributed by atoms with Gasteiger partial charge in [-0.15, -0.1) is 0 Å². The molecule has 0 aliphatic carbocycles. The van der Waals surface area contributed by atoms with Gasteiger partial charge in [-0.2, -0.15) is 0 Å². The van der Waals surface area contributed by atoms with E-state index in [9.17, 15) is 14.4 Å². The summed E-state index contributed by atoms with van der Waals surface area (Å²) in [6.45, 7) is 6.27. The van der Waals surface area contributed by atoms with E-state index in [0.29, 0.717) is 41.0 Å². The van der Waals surface area contributed by atoms with Gasteiger partial charge in [0.2, 0.25) is 0 Å². The number of hydrogen-bond acceptors (Lipinski definition) is 8. The molecule has 1 fully saturated rings. The number of nitrogens with zero attached hydrogens (tertiary/aromatic N) is 3. The lowest BCUT2D eigenvalue weighted by Crippen LogP contribution is -2.46. The number of anilines is 1. The van der Waals surface area contributed by atoms with Crippen LogP contribution in [-0.4, -0.2) is 92.8 Å². The Labute approximate surface area is 222 Å². The second kappa shape index (κ2) is 12.3. The van der Waals surface area contributed by atoms with Crippen LogP contribution in [0.3, 0.4) is 0 Å². The third kappa shape index (κ3) is 5.61. The van der Waals surface area contributed by atoms with Gasteiger partial charge in [-0.1, -0.05) is 19.1 Å². The molecule has 2 aromatic carbocycles. The van der Waals surface area contributed by atoms with Crippen LogP contribution in [-0.2, 0) is 9.53 Å². The number of methoxy groups -OCH3 is 2. The number of rotatable bonds is 12. The minimum absolute atomic E-state index is 0.187. The van der Waals surface area contributed by atoms with Gasteiger partial charge < -0.3 is 29.1 Å². The van der Waals surface area contributed by atoms with Crippen LogP contribution < -0.4 is 14.4 Å². The average molecular weight is 526 g/mol. The van der Waals surface area contributed by atoms with E-state index in [0.717, 1.165) is 38.4 Å². The molecule has 10 heteroatoms. The van der Waals surface area contributed by atoms with Gasteiger partial charge >= 0.3 is 5.97 Å². The fraction of sp³-hybridized carbons (Fsp3) is 0.464. The molecule has 1 saturated heterocycles. The van der Waals surface area contributed by atoms with Gasteiger partial charge in [-0.05, 0) is 49.2 Å². The molecule has 38 heavy (non-hydrogen) atoms. The van der Waals surface area contributed by atoms with Crippen LogP contribution in [0, 0.1) is 0 Å². The van der Waals surface area contributed by atoms with E-state index in [1.54, 1.807) is 25.3 Å². The third-order valence-electron chi connectivity index (χ3n) is 7.18. The topological polar surface area (TPSA) is 109 Å². The van der Waals surface area contributed by atoms with Crippen molar-refractivity contribution in [3.8, 4) is 11.5 Å². The molecule has 0 spiro atoms. The number of carbonyl (C=O) groups is 3. The zero-order valence-corrected chi connectivity index (χ0v) is 22.1. The SMILES string of the molecule is CCN1CCN(c2cccc3c2C(=O)N([C@H](CCCOCC(=O)O)c2ccc(OC)c(OC)c2)C3=O)CC1. The van der Waals surface area contributed by atoms with Crippen molar-refractivity contribution in [1.29, 1.82) is 0 Å². The number of carboxylic acids is 1. The zero-order chi connectivity index (χ0) is 27.2. The maximum Gasteiger partial charge on any atom is 0.329 e. The molecule has 2 amide bonds. The van der Waals surface area contributed by atoms with E-state index in [1.807, 2.05) is 18.2 Å². The Kier molecular flexibility index (Phi) is 8.85. The molecule has 0 bridgehead atoms. The maximum absolute atomic E-state index is 14.0. The molecule has 1 atom stereocenters. The van der Waals surface area contributed by atoms with Crippen molar-refractivity contribution >= 4 is 23.5 Å². The molecule has 0 aromatic heterocycles. The molecule has 2 aliphatic heterocycles. The van der Waals surface area contributed by atoms with E-state index in [4.69, 9.17) is 19.3 Å². The standard InChI is InChI=1S/C28H35N3O7/c1-4-29-12-14-30(15-13-29)22-8-5-7-20-26(22)28(35)31(27(20)34)21(9-6-16-38-18-25(32)33)19-10-11-23(36-2)24(17-19)37-3/h5,7-8,10-11,17,21H,4,6,9,12-16,18H2,1-3H3,(H,32,33)/t21-/m1/s1. The number of amides is 2. The molecule has 204 valence electrons. The molecule has 2 heterocycles. The van der Waals surface area contributed by atoms with Crippen LogP contribution in [0.2, 0.25) is 0 Å². The largest absolute Gasteiger partial charge is 0.493 e. The Morgan fingerprint density at radius 2 is 1.74 bits per heavy atom. The Morgan fingerprint density at radius 3 is 2.39 bits per heavy atom. The molecule has 2 aliphatic rings. The van der Waals surface area contributed by atoms with E-state index in [2.05, 4.69) is 16.7 Å². The second-order valence-electron chi connectivity index (χ2n) is 9.32. The second-order valence-corrected chi connectivity index (χ2v) is 9.32. The van der Waals surface area contributed by atoms with Gasteiger partial charge in [0.25, 0.3) is 11.8 Å². The summed E-state index contributed by atoms with van der Waals surface area (Å²) in [4.78, 5) is 44.4. The van der Waals surface area contributed by atoms with Crippen LogP contribution in [0.1, 0.15) is 52.1 Å². The Balaban J connectivity index is 1.65. The number of aliphatic carboxylic acids is 1. The molecule has 0 radical (unpaired) electrons. The van der Waals surface area contributed by atoms with E-state index in [-0.39, 0.29) is 18.4 Å². The van der Waals surface area contributed by atoms with E-state index < -0.39 is 18.6 Å². The molecular weight excluding hydrogens is 490 g/mol. The molecule has 1 N–H and O–H groups in total. The Hall–Kier alpha value is -3.63. The van der Waals surface area contributed by atoms with Crippen molar-refractivity contribution in [3.63, 3.8) is 0 Å². The summed E-state index contributed by atoms with van der Waals surface area (Å²) in [5.74, 6) is -0.692. The lowest BCUT2D eigenvalue weighted by molar-refractivity contribution is -0.142. The number of likely N-dealkylation sites (N-methyl/N-ethyl adjacent to an activating group) is 1. The van der Waals surface area contributed by atoms with Crippen LogP contribution in [0.5, 0.6) is 11.5 Å². The number of carboxylic acid groups (broad SMARTS) is 1. The minimum atomic E-state index is -1.05. The highest BCUT2D eigenvalue weighted by Crippen LogP contribution is 2.40. The fourth-order valence-electron chi connectivity index (χ4n) is 5.18. The summed E-state index contributed by atoms with van der Waals surface area (Å²) in [6.07, 6.45) is 0.844. The smallest absolute Gasteiger partial charge is 0.329 e. The van der Waals surface area contributed by atoms with Crippen molar-refractivity contribution in [3.05, 3.63) is 53.1 Å². The molecule has 4 rings (SSSR count). The highest BCUT2D eigenvalue weighted by atomic mass is 16.5. The van der Waals surface area contributed by atoms with Gasteiger partial charge in [-0.25, -0.2) is 4.79 Å². The van der Waals surface area contributed by atoms with Crippen LogP contribution >= 0.6 is 0 Å². The zero-order valence-electron chi connectivity index (χ0n) is 22.1. The molecule has 10 nitrogen and oxygen atoms in total. The van der Waals surface area contributed by atoms with Crippen molar-refractivity contribution in [2.45, 2.75) is 25.8 Å². The average Bonchev–Trinajstić information content (AvgIpc) is 3.19. The van der Waals surface area contributed by atoms with Crippen LogP contribution in [0.25, 0.3) is 0 Å². The summed E-state index contributed by atoms with van der Waals surface area (Å²) in [7, 11) is 3.07. The first-order valence-corrected chi connectivity index (χ1v) is 12.9. The summed E-state index contributed by atoms with van der Waals surface area (Å²) in [5, 5.41) is 8.86. The van der Waals surface area contributed by atoms with Crippen molar-refractivity contribution < 1.29 is 33.7 Å². The fourth-order valence-corrected chi connectivity index (χ4v) is 5.18. The third-order valence-corrected chi connectivity index (χ3v) is 7.18. The molecular formula is C28H35N3O7. The number of benzene rings is 2. The first-order valence-electron chi connectivity index (χ1n) is 12.9. The summed E-state index contributed by atoms with van der Waals surface area (Å²) < 4.78 is 16.1. The number of piperazine rings is 1. The van der Waals surface area contributed by atoms with Crippen molar-refractivity contribution in [1.82, 2.24) is 9.80 Å². The van der Waals surface area contributed by atoms with Crippen LogP contribution in [0.4, 0.5) is 5.69 Å². The number of ether oxygens (including phenoxy) is 3. The minimum Gasteiger partial charge on any atom is -0.493 e. The summed E-state index contributed by atoms with van der Waals surface area (Å²) in [6, 6.07) is 10.2. The number of imide groups is 1. The normalized spacial score (nSPS) is 16.5. The predicted octanol–water partition coefficient (Wildman–Crippen LogP) is 3.06. The molecule has 0 unspecified atom stereocenters. The van der Waals surface area contributed by atoms with Gasteiger partial charge in [-0.3, -0.25) is 14.5 Å². The highest BCUT2D eigenvalue weighted by Gasteiger charge is 2.43. The number of carbonyl (C=O) groups excluding carboxylic acids is 2. The van der Waals surface area contributed by atoms with E-state index in [1.165, 1.54) is 12.0 Å². The number of fused-ring (bicyclic) bond motifs is 1. The van der Waals surface area contributed by atoms with Crippen molar-refractivity contribution in [2.24, 2.45) is 0 Å². The summed E-state index contributed by atoms with van der Waals surface area (Å²) in [5.41, 5.74) is 2.34. The molecule has 2 aromatic rings.